The number of carbonyl (C=O) groups is 1. The van der Waals surface area contributed by atoms with Crippen molar-refractivity contribution in [2.24, 2.45) is 5.92 Å². The molecule has 21 heavy (non-hydrogen) atoms. The maximum absolute atomic E-state index is 12.2. The normalized spacial score (nSPS) is 12.4. The summed E-state index contributed by atoms with van der Waals surface area (Å²) >= 11 is 0. The maximum Gasteiger partial charge on any atom is 0.251 e. The summed E-state index contributed by atoms with van der Waals surface area (Å²) in [4.78, 5) is 19.3. The average Bonchev–Trinajstić information content (AvgIpc) is 3.14. The number of H-pyrrole nitrogens is 1. The van der Waals surface area contributed by atoms with Crippen LogP contribution in [0.3, 0.4) is 0 Å². The van der Waals surface area contributed by atoms with Gasteiger partial charge in [-0.2, -0.15) is 0 Å². The van der Waals surface area contributed by atoms with Gasteiger partial charge in [-0.3, -0.25) is 4.79 Å². The van der Waals surface area contributed by atoms with Gasteiger partial charge in [-0.1, -0.05) is 6.92 Å². The highest BCUT2D eigenvalue weighted by atomic mass is 16.1. The van der Waals surface area contributed by atoms with Crippen molar-refractivity contribution in [3.05, 3.63) is 54.7 Å². The minimum atomic E-state index is -0.0319. The van der Waals surface area contributed by atoms with E-state index < -0.39 is 0 Å². The van der Waals surface area contributed by atoms with Crippen LogP contribution in [0, 0.1) is 5.92 Å². The fourth-order valence-corrected chi connectivity index (χ4v) is 2.38. The van der Waals surface area contributed by atoms with Crippen LogP contribution in [0.25, 0.3) is 10.9 Å². The molecule has 0 radical (unpaired) electrons. The number of aromatic amines is 1. The molecule has 0 saturated heterocycles. The van der Waals surface area contributed by atoms with Gasteiger partial charge in [0.2, 0.25) is 0 Å². The van der Waals surface area contributed by atoms with Crippen molar-refractivity contribution in [1.29, 1.82) is 0 Å². The molecule has 1 amide bonds. The van der Waals surface area contributed by atoms with Crippen molar-refractivity contribution in [3.8, 4) is 0 Å². The van der Waals surface area contributed by atoms with Crippen molar-refractivity contribution >= 4 is 16.8 Å². The van der Waals surface area contributed by atoms with Gasteiger partial charge in [0.1, 0.15) is 0 Å². The third-order valence-electron chi connectivity index (χ3n) is 3.51. The first-order chi connectivity index (χ1) is 10.2. The average molecular weight is 282 g/mol. The molecule has 0 unspecified atom stereocenters. The lowest BCUT2D eigenvalue weighted by Gasteiger charge is -2.13. The number of hydrogen-bond donors (Lipinski definition) is 2. The second-order valence-corrected chi connectivity index (χ2v) is 5.35. The van der Waals surface area contributed by atoms with Gasteiger partial charge in [0.25, 0.3) is 5.91 Å². The molecule has 0 saturated carbocycles. The third kappa shape index (κ3) is 3.13. The molecule has 5 nitrogen and oxygen atoms in total. The van der Waals surface area contributed by atoms with E-state index in [9.17, 15) is 4.79 Å². The Labute approximate surface area is 123 Å². The fraction of sp³-hybridized carbons (Fsp3) is 0.250. The first-order valence-corrected chi connectivity index (χ1v) is 7.03. The number of nitrogens with one attached hydrogen (secondary N) is 2. The summed E-state index contributed by atoms with van der Waals surface area (Å²) < 4.78 is 2.02. The molecule has 0 spiro atoms. The van der Waals surface area contributed by atoms with E-state index in [0.29, 0.717) is 18.0 Å². The van der Waals surface area contributed by atoms with E-state index in [4.69, 9.17) is 0 Å². The van der Waals surface area contributed by atoms with Crippen molar-refractivity contribution in [3.63, 3.8) is 0 Å². The summed E-state index contributed by atoms with van der Waals surface area (Å²) in [7, 11) is 0. The first-order valence-electron chi connectivity index (χ1n) is 7.03. The quantitative estimate of drug-likeness (QED) is 0.755. The minimum absolute atomic E-state index is 0.0319. The molecule has 108 valence electrons. The van der Waals surface area contributed by atoms with Gasteiger partial charge in [-0.15, -0.1) is 0 Å². The van der Waals surface area contributed by atoms with E-state index in [1.807, 2.05) is 41.2 Å². The highest BCUT2D eigenvalue weighted by Gasteiger charge is 2.09. The van der Waals surface area contributed by atoms with E-state index in [1.165, 1.54) is 0 Å². The molecule has 0 aliphatic heterocycles. The molecule has 3 rings (SSSR count). The molecule has 0 aliphatic carbocycles. The second kappa shape index (κ2) is 5.83. The lowest BCUT2D eigenvalue weighted by atomic mass is 10.1. The molecule has 0 fully saturated rings. The number of carbonyl (C=O) groups excluding carboxylic acids is 1. The van der Waals surface area contributed by atoms with Crippen LogP contribution in [-0.2, 0) is 6.54 Å². The number of fused-ring (bicyclic) bond motifs is 1. The zero-order chi connectivity index (χ0) is 14.7. The molecule has 1 atom stereocenters. The second-order valence-electron chi connectivity index (χ2n) is 5.35. The highest BCUT2D eigenvalue weighted by molar-refractivity contribution is 5.98. The number of rotatable bonds is 5. The Balaban J connectivity index is 1.58. The van der Waals surface area contributed by atoms with Gasteiger partial charge in [0, 0.05) is 48.1 Å². The van der Waals surface area contributed by atoms with Crippen molar-refractivity contribution in [2.45, 2.75) is 13.5 Å². The Morgan fingerprint density at radius 1 is 1.43 bits per heavy atom. The van der Waals surface area contributed by atoms with Gasteiger partial charge in [0.05, 0.1) is 6.33 Å². The fourth-order valence-electron chi connectivity index (χ4n) is 2.38. The van der Waals surface area contributed by atoms with Crippen LogP contribution < -0.4 is 5.32 Å². The summed E-state index contributed by atoms with van der Waals surface area (Å²) in [6.07, 6.45) is 7.35. The van der Waals surface area contributed by atoms with Gasteiger partial charge in [-0.25, -0.2) is 4.98 Å². The van der Waals surface area contributed by atoms with E-state index in [1.54, 1.807) is 12.5 Å². The smallest absolute Gasteiger partial charge is 0.251 e. The monoisotopic (exact) mass is 282 g/mol. The summed E-state index contributed by atoms with van der Waals surface area (Å²) in [5.74, 6) is 0.315. The number of imidazole rings is 1. The molecular formula is C16H18N4O. The van der Waals surface area contributed by atoms with Crippen LogP contribution in [0.5, 0.6) is 0 Å². The minimum Gasteiger partial charge on any atom is -0.361 e. The van der Waals surface area contributed by atoms with Crippen molar-refractivity contribution in [1.82, 2.24) is 19.9 Å². The molecule has 0 bridgehead atoms. The molecule has 3 aromatic rings. The molecule has 2 N–H and O–H groups in total. The molecule has 0 aliphatic rings. The largest absolute Gasteiger partial charge is 0.361 e. The maximum atomic E-state index is 12.2. The number of hydrogen-bond acceptors (Lipinski definition) is 2. The van der Waals surface area contributed by atoms with E-state index in [0.717, 1.165) is 17.4 Å². The predicted molar refractivity (Wildman–Crippen MR) is 82.0 cm³/mol. The summed E-state index contributed by atoms with van der Waals surface area (Å²) in [5.41, 5.74) is 1.73. The van der Waals surface area contributed by atoms with Gasteiger partial charge in [-0.05, 0) is 30.2 Å². The van der Waals surface area contributed by atoms with Crippen LogP contribution in [0.1, 0.15) is 17.3 Å². The number of nitrogens with zero attached hydrogens (tertiary/aromatic N) is 2. The molecular weight excluding hydrogens is 264 g/mol. The van der Waals surface area contributed by atoms with Crippen LogP contribution >= 0.6 is 0 Å². The Morgan fingerprint density at radius 2 is 2.33 bits per heavy atom. The Kier molecular flexibility index (Phi) is 3.73. The summed E-state index contributed by atoms with van der Waals surface area (Å²) in [6, 6.07) is 7.64. The van der Waals surface area contributed by atoms with Gasteiger partial charge < -0.3 is 14.9 Å². The standard InChI is InChI=1S/C16H18N4O/c1-12(10-20-7-6-17-11-20)9-19-16(21)14-2-3-15-13(8-14)4-5-18-15/h2-8,11-12,18H,9-10H2,1H3,(H,19,21)/t12-/m1/s1. The zero-order valence-corrected chi connectivity index (χ0v) is 11.9. The van der Waals surface area contributed by atoms with E-state index in [2.05, 4.69) is 22.2 Å². The first kappa shape index (κ1) is 13.4. The Bertz CT molecular complexity index is 730. The number of amides is 1. The van der Waals surface area contributed by atoms with E-state index >= 15 is 0 Å². The van der Waals surface area contributed by atoms with Crippen molar-refractivity contribution < 1.29 is 4.79 Å². The summed E-state index contributed by atoms with van der Waals surface area (Å²) in [6.45, 7) is 3.59. The molecule has 2 heterocycles. The SMILES string of the molecule is C[C@H](CNC(=O)c1ccc2[nH]ccc2c1)Cn1ccnc1. The summed E-state index contributed by atoms with van der Waals surface area (Å²) in [5, 5.41) is 4.04. The van der Waals surface area contributed by atoms with Crippen LogP contribution in [0.15, 0.2) is 49.2 Å². The lowest BCUT2D eigenvalue weighted by molar-refractivity contribution is 0.0947. The predicted octanol–water partition coefficient (Wildman–Crippen LogP) is 2.43. The van der Waals surface area contributed by atoms with Gasteiger partial charge >= 0.3 is 0 Å². The van der Waals surface area contributed by atoms with E-state index in [-0.39, 0.29) is 5.91 Å². The van der Waals surface area contributed by atoms with Crippen LogP contribution in [0.2, 0.25) is 0 Å². The van der Waals surface area contributed by atoms with Crippen LogP contribution in [-0.4, -0.2) is 27.0 Å². The molecule has 5 heteroatoms. The number of benzene rings is 1. The highest BCUT2D eigenvalue weighted by Crippen LogP contribution is 2.14. The number of aromatic nitrogens is 3. The molecule has 2 aromatic heterocycles. The topological polar surface area (TPSA) is 62.7 Å². The van der Waals surface area contributed by atoms with Crippen molar-refractivity contribution in [2.75, 3.05) is 6.54 Å². The Hall–Kier alpha value is -2.56. The third-order valence-corrected chi connectivity index (χ3v) is 3.51. The molecule has 1 aromatic carbocycles. The zero-order valence-electron chi connectivity index (χ0n) is 11.9. The van der Waals surface area contributed by atoms with Crippen LogP contribution in [0.4, 0.5) is 0 Å². The lowest BCUT2D eigenvalue weighted by Crippen LogP contribution is -2.29. The Morgan fingerprint density at radius 3 is 3.14 bits per heavy atom. The van der Waals surface area contributed by atoms with Gasteiger partial charge in [0.15, 0.2) is 0 Å².